The van der Waals surface area contributed by atoms with Crippen molar-refractivity contribution in [2.45, 2.75) is 18.9 Å². The van der Waals surface area contributed by atoms with E-state index in [1.165, 1.54) is 7.11 Å². The molecule has 19 heavy (non-hydrogen) atoms. The summed E-state index contributed by atoms with van der Waals surface area (Å²) in [5, 5.41) is 8.42. The number of carbonyl (C=O) groups excluding carboxylic acids is 1. The summed E-state index contributed by atoms with van der Waals surface area (Å²) in [5.74, 6) is 0.505. The van der Waals surface area contributed by atoms with Gasteiger partial charge in [0.2, 0.25) is 0 Å². The van der Waals surface area contributed by atoms with Crippen LogP contribution < -0.4 is 0 Å². The Morgan fingerprint density at radius 1 is 1.47 bits per heavy atom. The van der Waals surface area contributed by atoms with Gasteiger partial charge in [-0.15, -0.1) is 10.2 Å². The molecule has 0 saturated carbocycles. The average molecular weight is 260 g/mol. The maximum atomic E-state index is 11.7. The molecule has 0 aliphatic carbocycles. The van der Waals surface area contributed by atoms with Crippen molar-refractivity contribution in [1.82, 2.24) is 19.5 Å². The number of carbonyl (C=O) groups is 1. The Morgan fingerprint density at radius 2 is 2.32 bits per heavy atom. The molecular weight excluding hydrogens is 244 g/mol. The van der Waals surface area contributed by atoms with Gasteiger partial charge in [-0.1, -0.05) is 0 Å². The lowest BCUT2D eigenvalue weighted by atomic mass is 10.2. The van der Waals surface area contributed by atoms with E-state index in [-0.39, 0.29) is 12.0 Å². The number of ether oxygens (including phenoxy) is 1. The predicted octanol–water partition coefficient (Wildman–Crippen LogP) is 1.28. The molecule has 1 saturated heterocycles. The Hall–Kier alpha value is -1.95. The van der Waals surface area contributed by atoms with Gasteiger partial charge in [0, 0.05) is 6.20 Å². The first-order valence-electron chi connectivity index (χ1n) is 6.34. The van der Waals surface area contributed by atoms with E-state index in [4.69, 9.17) is 4.74 Å². The van der Waals surface area contributed by atoms with E-state index in [2.05, 4.69) is 22.1 Å². The summed E-state index contributed by atoms with van der Waals surface area (Å²) in [6, 6.07) is 3.79. The van der Waals surface area contributed by atoms with Crippen molar-refractivity contribution in [3.63, 3.8) is 0 Å². The summed E-state index contributed by atoms with van der Waals surface area (Å²) >= 11 is 0. The Morgan fingerprint density at radius 3 is 3.00 bits per heavy atom. The van der Waals surface area contributed by atoms with E-state index in [1.807, 2.05) is 16.7 Å². The molecule has 0 amide bonds. The topological polar surface area (TPSA) is 59.7 Å². The quantitative estimate of drug-likeness (QED) is 0.761. The van der Waals surface area contributed by atoms with Crippen LogP contribution >= 0.6 is 0 Å². The second-order valence-electron chi connectivity index (χ2n) is 4.80. The highest BCUT2D eigenvalue weighted by molar-refractivity contribution is 5.95. The standard InChI is InChI=1S/C13H16N4O2/c1-16-7-4-6-10(16)12-15-14-11-9(13(18)19-2)5-3-8-17(11)12/h3,5,8,10H,4,6-7H2,1-2H3. The molecule has 100 valence electrons. The first-order chi connectivity index (χ1) is 9.22. The number of nitrogens with zero attached hydrogens (tertiary/aromatic N) is 4. The van der Waals surface area contributed by atoms with Crippen LogP contribution in [0.2, 0.25) is 0 Å². The molecule has 3 rings (SSSR count). The molecule has 0 N–H and O–H groups in total. The van der Waals surface area contributed by atoms with Crippen molar-refractivity contribution in [2.75, 3.05) is 20.7 Å². The number of hydrogen-bond acceptors (Lipinski definition) is 5. The molecule has 0 radical (unpaired) electrons. The lowest BCUT2D eigenvalue weighted by Gasteiger charge is -2.17. The van der Waals surface area contributed by atoms with Gasteiger partial charge in [0.05, 0.1) is 13.2 Å². The molecule has 2 aromatic heterocycles. The maximum Gasteiger partial charge on any atom is 0.341 e. The number of pyridine rings is 1. The van der Waals surface area contributed by atoms with Gasteiger partial charge >= 0.3 is 5.97 Å². The van der Waals surface area contributed by atoms with E-state index >= 15 is 0 Å². The Kier molecular flexibility index (Phi) is 2.94. The Balaban J connectivity index is 2.11. The molecule has 1 fully saturated rings. The molecule has 6 heteroatoms. The average Bonchev–Trinajstić information content (AvgIpc) is 3.03. The summed E-state index contributed by atoms with van der Waals surface area (Å²) in [7, 11) is 3.46. The number of hydrogen-bond donors (Lipinski definition) is 0. The van der Waals surface area contributed by atoms with Crippen molar-refractivity contribution < 1.29 is 9.53 Å². The summed E-state index contributed by atoms with van der Waals surface area (Å²) in [5.41, 5.74) is 1.01. The third-order valence-corrected chi connectivity index (χ3v) is 3.68. The van der Waals surface area contributed by atoms with Gasteiger partial charge in [-0.3, -0.25) is 9.30 Å². The molecule has 1 aliphatic heterocycles. The first kappa shape index (κ1) is 12.1. The van der Waals surface area contributed by atoms with E-state index in [9.17, 15) is 4.79 Å². The minimum Gasteiger partial charge on any atom is -0.465 e. The van der Waals surface area contributed by atoms with Crippen LogP contribution in [0.25, 0.3) is 5.65 Å². The van der Waals surface area contributed by atoms with Gasteiger partial charge in [-0.05, 0) is 38.6 Å². The van der Waals surface area contributed by atoms with Crippen molar-refractivity contribution in [3.8, 4) is 0 Å². The van der Waals surface area contributed by atoms with Crippen LogP contribution in [0, 0.1) is 0 Å². The Labute approximate surface area is 111 Å². The lowest BCUT2D eigenvalue weighted by Crippen LogP contribution is -2.19. The highest BCUT2D eigenvalue weighted by Gasteiger charge is 2.27. The molecule has 1 unspecified atom stereocenters. The van der Waals surface area contributed by atoms with Crippen LogP contribution in [0.5, 0.6) is 0 Å². The molecular formula is C13H16N4O2. The fraction of sp³-hybridized carbons (Fsp3) is 0.462. The summed E-state index contributed by atoms with van der Waals surface area (Å²) < 4.78 is 6.66. The van der Waals surface area contributed by atoms with E-state index in [0.29, 0.717) is 11.2 Å². The highest BCUT2D eigenvalue weighted by Crippen LogP contribution is 2.29. The lowest BCUT2D eigenvalue weighted by molar-refractivity contribution is 0.0602. The zero-order valence-electron chi connectivity index (χ0n) is 11.0. The molecule has 0 aromatic carbocycles. The Bertz CT molecular complexity index is 622. The molecule has 1 aliphatic rings. The fourth-order valence-corrected chi connectivity index (χ4v) is 2.67. The minimum atomic E-state index is -0.385. The SMILES string of the molecule is COC(=O)c1cccn2c(C3CCCN3C)nnc12. The third kappa shape index (κ3) is 1.88. The van der Waals surface area contributed by atoms with Gasteiger partial charge in [0.1, 0.15) is 5.56 Å². The number of rotatable bonds is 2. The summed E-state index contributed by atoms with van der Waals surface area (Å²) in [6.45, 7) is 1.07. The molecule has 2 aromatic rings. The second-order valence-corrected chi connectivity index (χ2v) is 4.80. The molecule has 0 spiro atoms. The van der Waals surface area contributed by atoms with Gasteiger partial charge in [0.15, 0.2) is 11.5 Å². The van der Waals surface area contributed by atoms with Crippen molar-refractivity contribution >= 4 is 11.6 Å². The molecule has 0 bridgehead atoms. The first-order valence-corrected chi connectivity index (χ1v) is 6.34. The number of aromatic nitrogens is 3. The van der Waals surface area contributed by atoms with E-state index < -0.39 is 0 Å². The smallest absolute Gasteiger partial charge is 0.341 e. The maximum absolute atomic E-state index is 11.7. The van der Waals surface area contributed by atoms with Gasteiger partial charge in [0.25, 0.3) is 0 Å². The number of esters is 1. The molecule has 6 nitrogen and oxygen atoms in total. The largest absolute Gasteiger partial charge is 0.465 e. The monoisotopic (exact) mass is 260 g/mol. The van der Waals surface area contributed by atoms with Gasteiger partial charge < -0.3 is 4.74 Å². The third-order valence-electron chi connectivity index (χ3n) is 3.68. The number of likely N-dealkylation sites (tertiary alicyclic amines) is 1. The van der Waals surface area contributed by atoms with E-state index in [1.54, 1.807) is 6.07 Å². The molecule has 1 atom stereocenters. The van der Waals surface area contributed by atoms with Gasteiger partial charge in [-0.25, -0.2) is 4.79 Å². The summed E-state index contributed by atoms with van der Waals surface area (Å²) in [4.78, 5) is 14.0. The van der Waals surface area contributed by atoms with Crippen LogP contribution in [-0.2, 0) is 4.74 Å². The van der Waals surface area contributed by atoms with Crippen LogP contribution in [0.4, 0.5) is 0 Å². The highest BCUT2D eigenvalue weighted by atomic mass is 16.5. The van der Waals surface area contributed by atoms with Crippen molar-refractivity contribution in [2.24, 2.45) is 0 Å². The normalized spacial score (nSPS) is 20.0. The zero-order chi connectivity index (χ0) is 13.4. The zero-order valence-corrected chi connectivity index (χ0v) is 11.0. The minimum absolute atomic E-state index is 0.267. The number of fused-ring (bicyclic) bond motifs is 1. The van der Waals surface area contributed by atoms with Crippen LogP contribution in [0.3, 0.4) is 0 Å². The summed E-state index contributed by atoms with van der Waals surface area (Å²) in [6.07, 6.45) is 4.12. The predicted molar refractivity (Wildman–Crippen MR) is 68.9 cm³/mol. The van der Waals surface area contributed by atoms with Crippen molar-refractivity contribution in [3.05, 3.63) is 29.7 Å². The van der Waals surface area contributed by atoms with Crippen LogP contribution in [-0.4, -0.2) is 46.2 Å². The van der Waals surface area contributed by atoms with Crippen LogP contribution in [0.15, 0.2) is 18.3 Å². The van der Waals surface area contributed by atoms with E-state index in [0.717, 1.165) is 25.2 Å². The van der Waals surface area contributed by atoms with Crippen molar-refractivity contribution in [1.29, 1.82) is 0 Å². The van der Waals surface area contributed by atoms with Crippen LogP contribution in [0.1, 0.15) is 35.1 Å². The van der Waals surface area contributed by atoms with Gasteiger partial charge in [-0.2, -0.15) is 0 Å². The number of methoxy groups -OCH3 is 1. The fourth-order valence-electron chi connectivity index (χ4n) is 2.67. The molecule has 3 heterocycles. The second kappa shape index (κ2) is 4.62.